The quantitative estimate of drug-likeness (QED) is 0.650. The van der Waals surface area contributed by atoms with Crippen LogP contribution in [0.3, 0.4) is 0 Å². The average molecular weight is 369 g/mol. The van der Waals surface area contributed by atoms with Gasteiger partial charge in [0.25, 0.3) is 5.91 Å². The first-order valence-corrected chi connectivity index (χ1v) is 8.82. The molecule has 6 heteroatoms. The van der Waals surface area contributed by atoms with Crippen LogP contribution >= 0.6 is 11.6 Å². The Morgan fingerprint density at radius 1 is 0.962 bits per heavy atom. The number of hydrogen-bond acceptors (Lipinski definition) is 4. The fourth-order valence-corrected chi connectivity index (χ4v) is 3.40. The first-order valence-electron chi connectivity index (χ1n) is 8.44. The fraction of sp³-hybridized carbons (Fsp3) is 0.200. The third-order valence-electron chi connectivity index (χ3n) is 4.61. The molecule has 0 N–H and O–H groups in total. The number of carbonyl (C=O) groups is 1. The molecule has 2 aromatic carbocycles. The summed E-state index contributed by atoms with van der Waals surface area (Å²) in [6.45, 7) is 2.56. The molecular weight excluding hydrogens is 352 g/mol. The Hall–Kier alpha value is -2.79. The predicted molar refractivity (Wildman–Crippen MR) is 102 cm³/mol. The maximum absolute atomic E-state index is 12.8. The largest absolute Gasteiger partial charge is 0.422 e. The van der Waals surface area contributed by atoms with E-state index in [4.69, 9.17) is 16.0 Å². The normalized spacial score (nSPS) is 14.7. The van der Waals surface area contributed by atoms with Crippen molar-refractivity contribution in [1.82, 2.24) is 4.90 Å². The van der Waals surface area contributed by atoms with Gasteiger partial charge >= 0.3 is 5.63 Å². The Balaban J connectivity index is 1.54. The average Bonchev–Trinajstić information content (AvgIpc) is 2.68. The summed E-state index contributed by atoms with van der Waals surface area (Å²) >= 11 is 5.99. The number of piperazine rings is 1. The molecule has 2 heterocycles. The minimum atomic E-state index is -0.615. The van der Waals surface area contributed by atoms with Gasteiger partial charge in [0.15, 0.2) is 0 Å². The standard InChI is InChI=1S/C20H17ClN2O3/c21-15-6-7-18-14(12-15)13-17(20(25)26-18)19(24)23-10-8-22(9-11-23)16-4-2-1-3-5-16/h1-7,12-13H,8-11H2. The van der Waals surface area contributed by atoms with Crippen molar-refractivity contribution in [3.05, 3.63) is 75.6 Å². The highest BCUT2D eigenvalue weighted by atomic mass is 35.5. The summed E-state index contributed by atoms with van der Waals surface area (Å²) in [5, 5.41) is 1.17. The number of amides is 1. The van der Waals surface area contributed by atoms with Crippen molar-refractivity contribution in [3.8, 4) is 0 Å². The third-order valence-corrected chi connectivity index (χ3v) is 4.85. The van der Waals surface area contributed by atoms with E-state index in [9.17, 15) is 9.59 Å². The summed E-state index contributed by atoms with van der Waals surface area (Å²) in [4.78, 5) is 29.0. The van der Waals surface area contributed by atoms with Crippen LogP contribution in [-0.4, -0.2) is 37.0 Å². The van der Waals surface area contributed by atoms with E-state index in [-0.39, 0.29) is 11.5 Å². The maximum atomic E-state index is 12.8. The molecule has 1 aliphatic heterocycles. The van der Waals surface area contributed by atoms with Gasteiger partial charge in [-0.05, 0) is 36.4 Å². The van der Waals surface area contributed by atoms with Crippen LogP contribution in [0.2, 0.25) is 5.02 Å². The second-order valence-corrected chi connectivity index (χ2v) is 6.68. The lowest BCUT2D eigenvalue weighted by molar-refractivity contribution is 0.0742. The van der Waals surface area contributed by atoms with Crippen LogP contribution < -0.4 is 10.5 Å². The van der Waals surface area contributed by atoms with Crippen LogP contribution in [0.4, 0.5) is 5.69 Å². The smallest absolute Gasteiger partial charge is 0.349 e. The molecule has 0 radical (unpaired) electrons. The monoisotopic (exact) mass is 368 g/mol. The number of fused-ring (bicyclic) bond motifs is 1. The Morgan fingerprint density at radius 2 is 1.69 bits per heavy atom. The summed E-state index contributed by atoms with van der Waals surface area (Å²) in [5.74, 6) is -0.298. The van der Waals surface area contributed by atoms with E-state index in [2.05, 4.69) is 17.0 Å². The van der Waals surface area contributed by atoms with Crippen LogP contribution in [0.25, 0.3) is 11.0 Å². The summed E-state index contributed by atoms with van der Waals surface area (Å²) in [7, 11) is 0. The van der Waals surface area contributed by atoms with Gasteiger partial charge in [-0.2, -0.15) is 0 Å². The summed E-state index contributed by atoms with van der Waals surface area (Å²) in [6, 6.07) is 16.6. The highest BCUT2D eigenvalue weighted by Crippen LogP contribution is 2.20. The molecule has 26 heavy (non-hydrogen) atoms. The van der Waals surface area contributed by atoms with Gasteiger partial charge < -0.3 is 14.2 Å². The molecule has 132 valence electrons. The van der Waals surface area contributed by atoms with Crippen molar-refractivity contribution in [2.45, 2.75) is 0 Å². The number of rotatable bonds is 2. The number of hydrogen-bond donors (Lipinski definition) is 0. The van der Waals surface area contributed by atoms with E-state index in [1.807, 2.05) is 18.2 Å². The molecule has 4 rings (SSSR count). The molecule has 1 aromatic heterocycles. The van der Waals surface area contributed by atoms with E-state index in [1.54, 1.807) is 29.2 Å². The molecule has 1 fully saturated rings. The van der Waals surface area contributed by atoms with Crippen molar-refractivity contribution < 1.29 is 9.21 Å². The van der Waals surface area contributed by atoms with Crippen LogP contribution in [0.5, 0.6) is 0 Å². The van der Waals surface area contributed by atoms with Crippen LogP contribution in [0.15, 0.2) is 63.8 Å². The summed E-state index contributed by atoms with van der Waals surface area (Å²) in [6.07, 6.45) is 0. The van der Waals surface area contributed by atoms with E-state index in [0.29, 0.717) is 29.1 Å². The van der Waals surface area contributed by atoms with Gasteiger partial charge in [0.2, 0.25) is 0 Å². The molecule has 0 unspecified atom stereocenters. The molecular formula is C20H17ClN2O3. The van der Waals surface area contributed by atoms with Gasteiger partial charge in [0.05, 0.1) is 0 Å². The number of nitrogens with zero attached hydrogens (tertiary/aromatic N) is 2. The number of benzene rings is 2. The van der Waals surface area contributed by atoms with Crippen molar-refractivity contribution in [3.63, 3.8) is 0 Å². The lowest BCUT2D eigenvalue weighted by Crippen LogP contribution is -2.49. The molecule has 0 aliphatic carbocycles. The zero-order valence-electron chi connectivity index (χ0n) is 14.0. The van der Waals surface area contributed by atoms with E-state index >= 15 is 0 Å². The third kappa shape index (κ3) is 3.18. The van der Waals surface area contributed by atoms with Crippen molar-refractivity contribution in [2.24, 2.45) is 0 Å². The molecule has 0 bridgehead atoms. The van der Waals surface area contributed by atoms with Crippen molar-refractivity contribution in [1.29, 1.82) is 0 Å². The van der Waals surface area contributed by atoms with E-state index in [1.165, 1.54) is 0 Å². The zero-order valence-corrected chi connectivity index (χ0v) is 14.8. The molecule has 0 saturated carbocycles. The number of halogens is 1. The van der Waals surface area contributed by atoms with Gasteiger partial charge in [0, 0.05) is 42.3 Å². The van der Waals surface area contributed by atoms with Crippen molar-refractivity contribution in [2.75, 3.05) is 31.1 Å². The predicted octanol–water partition coefficient (Wildman–Crippen LogP) is 3.41. The minimum Gasteiger partial charge on any atom is -0.422 e. The highest BCUT2D eigenvalue weighted by Gasteiger charge is 2.25. The Kier molecular flexibility index (Phi) is 4.39. The summed E-state index contributed by atoms with van der Waals surface area (Å²) in [5.41, 5.74) is 0.993. The first-order chi connectivity index (χ1) is 12.6. The molecule has 5 nitrogen and oxygen atoms in total. The van der Waals surface area contributed by atoms with Crippen LogP contribution in [0, 0.1) is 0 Å². The maximum Gasteiger partial charge on any atom is 0.349 e. The van der Waals surface area contributed by atoms with Gasteiger partial charge in [-0.25, -0.2) is 4.79 Å². The van der Waals surface area contributed by atoms with Gasteiger partial charge in [-0.15, -0.1) is 0 Å². The molecule has 0 atom stereocenters. The van der Waals surface area contributed by atoms with Gasteiger partial charge in [-0.3, -0.25) is 4.79 Å². The van der Waals surface area contributed by atoms with Crippen LogP contribution in [-0.2, 0) is 0 Å². The highest BCUT2D eigenvalue weighted by molar-refractivity contribution is 6.31. The van der Waals surface area contributed by atoms with E-state index in [0.717, 1.165) is 18.8 Å². The lowest BCUT2D eigenvalue weighted by Gasteiger charge is -2.36. The van der Waals surface area contributed by atoms with Gasteiger partial charge in [0.1, 0.15) is 11.1 Å². The SMILES string of the molecule is O=C(c1cc2cc(Cl)ccc2oc1=O)N1CCN(c2ccccc2)CC1. The Bertz CT molecular complexity index is 1010. The first kappa shape index (κ1) is 16.7. The molecule has 3 aromatic rings. The Morgan fingerprint density at radius 3 is 2.42 bits per heavy atom. The minimum absolute atomic E-state index is 0.0490. The van der Waals surface area contributed by atoms with Crippen molar-refractivity contribution >= 4 is 34.2 Å². The number of anilines is 1. The van der Waals surface area contributed by atoms with E-state index < -0.39 is 5.63 Å². The van der Waals surface area contributed by atoms with Gasteiger partial charge in [-0.1, -0.05) is 29.8 Å². The molecule has 1 amide bonds. The number of carbonyl (C=O) groups excluding carboxylic acids is 1. The topological polar surface area (TPSA) is 53.8 Å². The Labute approximate surface area is 155 Å². The molecule has 1 saturated heterocycles. The second-order valence-electron chi connectivity index (χ2n) is 6.24. The summed E-state index contributed by atoms with van der Waals surface area (Å²) < 4.78 is 5.28. The zero-order chi connectivity index (χ0) is 18.1. The lowest BCUT2D eigenvalue weighted by atomic mass is 10.1. The fourth-order valence-electron chi connectivity index (χ4n) is 3.22. The molecule has 1 aliphatic rings. The second kappa shape index (κ2) is 6.84. The van der Waals surface area contributed by atoms with Crippen LogP contribution in [0.1, 0.15) is 10.4 Å². The number of para-hydroxylation sites is 1. The molecule has 0 spiro atoms.